The standard InChI is InChI=1S/C31H47N5O6/c1-5-6-14-34(15-7-13-32(2)3)28(38)21-35-20-24(22-8-9-26-23(19-22)12-18-42-26)29(30(39)40)25(35)10-17-36-27(37)11-16-33(4)31(36)41/h8-9,19,24-25,29H,5-7,10-18,20-21H2,1-4H3,(H,39,40). The molecule has 3 heterocycles. The maximum Gasteiger partial charge on any atom is 0.326 e. The Morgan fingerprint density at radius 1 is 1.10 bits per heavy atom. The van der Waals surface area contributed by atoms with Crippen LogP contribution in [0.15, 0.2) is 18.2 Å². The molecule has 0 radical (unpaired) electrons. The number of hydrogen-bond acceptors (Lipinski definition) is 7. The Labute approximate surface area is 249 Å². The molecule has 0 spiro atoms. The van der Waals surface area contributed by atoms with Gasteiger partial charge in [-0.3, -0.25) is 24.2 Å². The van der Waals surface area contributed by atoms with Crippen LogP contribution in [0.5, 0.6) is 5.75 Å². The van der Waals surface area contributed by atoms with Gasteiger partial charge in [-0.15, -0.1) is 0 Å². The van der Waals surface area contributed by atoms with Crippen LogP contribution in [0.2, 0.25) is 0 Å². The molecule has 3 unspecified atom stereocenters. The number of carbonyl (C=O) groups excluding carboxylic acids is 3. The molecule has 3 aliphatic rings. The van der Waals surface area contributed by atoms with E-state index in [9.17, 15) is 24.3 Å². The van der Waals surface area contributed by atoms with Crippen molar-refractivity contribution in [2.45, 2.75) is 57.4 Å². The third-order valence-corrected chi connectivity index (χ3v) is 8.85. The number of amides is 4. The molecule has 0 saturated carbocycles. The number of aliphatic carboxylic acids is 1. The van der Waals surface area contributed by atoms with Crippen LogP contribution < -0.4 is 4.74 Å². The fourth-order valence-electron chi connectivity index (χ4n) is 6.48. The highest BCUT2D eigenvalue weighted by Crippen LogP contribution is 2.41. The number of likely N-dealkylation sites (tertiary alicyclic amines) is 1. The molecule has 11 heteroatoms. The van der Waals surface area contributed by atoms with Crippen molar-refractivity contribution >= 4 is 23.8 Å². The number of urea groups is 1. The topological polar surface area (TPSA) is 114 Å². The van der Waals surface area contributed by atoms with E-state index in [1.54, 1.807) is 7.05 Å². The third kappa shape index (κ3) is 7.42. The van der Waals surface area contributed by atoms with Gasteiger partial charge in [-0.1, -0.05) is 25.5 Å². The fraction of sp³-hybridized carbons (Fsp3) is 0.677. The fourth-order valence-corrected chi connectivity index (χ4v) is 6.48. The van der Waals surface area contributed by atoms with Gasteiger partial charge in [0, 0.05) is 64.6 Å². The van der Waals surface area contributed by atoms with Crippen LogP contribution >= 0.6 is 0 Å². The largest absolute Gasteiger partial charge is 0.493 e. The second-order valence-corrected chi connectivity index (χ2v) is 12.1. The van der Waals surface area contributed by atoms with E-state index < -0.39 is 17.9 Å². The summed E-state index contributed by atoms with van der Waals surface area (Å²) in [5, 5.41) is 10.5. The van der Waals surface area contributed by atoms with Gasteiger partial charge in [-0.2, -0.15) is 0 Å². The molecule has 3 atom stereocenters. The van der Waals surface area contributed by atoms with Crippen LogP contribution in [-0.2, 0) is 20.8 Å². The minimum absolute atomic E-state index is 0.00999. The number of carbonyl (C=O) groups is 4. The smallest absolute Gasteiger partial charge is 0.326 e. The number of unbranched alkanes of at least 4 members (excludes halogenated alkanes) is 1. The average molecular weight is 586 g/mol. The van der Waals surface area contributed by atoms with Gasteiger partial charge in [0.25, 0.3) is 0 Å². The highest BCUT2D eigenvalue weighted by molar-refractivity contribution is 5.96. The van der Waals surface area contributed by atoms with Crippen LogP contribution in [-0.4, -0.2) is 133 Å². The van der Waals surface area contributed by atoms with Gasteiger partial charge in [-0.05, 0) is 57.1 Å². The summed E-state index contributed by atoms with van der Waals surface area (Å²) in [5.74, 6) is -1.47. The van der Waals surface area contributed by atoms with Gasteiger partial charge in [-0.25, -0.2) is 4.79 Å². The Balaban J connectivity index is 1.58. The molecule has 1 aromatic carbocycles. The van der Waals surface area contributed by atoms with E-state index in [2.05, 4.69) is 11.8 Å². The van der Waals surface area contributed by atoms with Crippen molar-refractivity contribution in [3.63, 3.8) is 0 Å². The Kier molecular flexibility index (Phi) is 10.8. The number of benzene rings is 1. The summed E-state index contributed by atoms with van der Waals surface area (Å²) in [6.07, 6.45) is 4.05. The van der Waals surface area contributed by atoms with Crippen molar-refractivity contribution < 1.29 is 29.0 Å². The van der Waals surface area contributed by atoms with Crippen molar-refractivity contribution in [2.75, 3.05) is 73.6 Å². The number of ether oxygens (including phenoxy) is 1. The van der Waals surface area contributed by atoms with Crippen molar-refractivity contribution in [1.29, 1.82) is 0 Å². The normalized spacial score (nSPS) is 22.5. The predicted molar refractivity (Wildman–Crippen MR) is 159 cm³/mol. The van der Waals surface area contributed by atoms with E-state index in [-0.39, 0.29) is 49.7 Å². The number of rotatable bonds is 14. The van der Waals surface area contributed by atoms with Gasteiger partial charge in [0.05, 0.1) is 19.1 Å². The van der Waals surface area contributed by atoms with E-state index in [1.165, 1.54) is 9.80 Å². The molecular formula is C31H47N5O6. The lowest BCUT2D eigenvalue weighted by Crippen LogP contribution is -2.52. The van der Waals surface area contributed by atoms with Crippen molar-refractivity contribution in [3.05, 3.63) is 29.3 Å². The van der Waals surface area contributed by atoms with Gasteiger partial charge in [0.2, 0.25) is 11.8 Å². The first-order valence-corrected chi connectivity index (χ1v) is 15.3. The quantitative estimate of drug-likeness (QED) is 0.354. The molecule has 1 aromatic rings. The summed E-state index contributed by atoms with van der Waals surface area (Å²) >= 11 is 0. The minimum Gasteiger partial charge on any atom is -0.493 e. The van der Waals surface area contributed by atoms with Crippen molar-refractivity contribution in [3.8, 4) is 5.75 Å². The monoisotopic (exact) mass is 585 g/mol. The molecule has 0 bridgehead atoms. The van der Waals surface area contributed by atoms with Crippen molar-refractivity contribution in [2.24, 2.45) is 5.92 Å². The predicted octanol–water partition coefficient (Wildman–Crippen LogP) is 2.34. The molecule has 11 nitrogen and oxygen atoms in total. The zero-order chi connectivity index (χ0) is 30.4. The first kappa shape index (κ1) is 31.7. The average Bonchev–Trinajstić information content (AvgIpc) is 3.56. The molecule has 0 aliphatic carbocycles. The molecule has 4 amide bonds. The minimum atomic E-state index is -0.932. The number of imide groups is 1. The lowest BCUT2D eigenvalue weighted by atomic mass is 9.83. The number of carboxylic acids is 1. The van der Waals surface area contributed by atoms with Crippen LogP contribution in [0.4, 0.5) is 4.79 Å². The summed E-state index contributed by atoms with van der Waals surface area (Å²) in [5.41, 5.74) is 1.99. The summed E-state index contributed by atoms with van der Waals surface area (Å²) in [6, 6.07) is 5.03. The molecule has 2 saturated heterocycles. The number of carboxylic acid groups (broad SMARTS) is 1. The van der Waals surface area contributed by atoms with Crippen LogP contribution in [0.1, 0.15) is 56.1 Å². The highest BCUT2D eigenvalue weighted by atomic mass is 16.5. The molecule has 3 aliphatic heterocycles. The Bertz CT molecular complexity index is 1140. The molecule has 0 aromatic heterocycles. The van der Waals surface area contributed by atoms with Crippen LogP contribution in [0.3, 0.4) is 0 Å². The highest BCUT2D eigenvalue weighted by Gasteiger charge is 2.48. The molecule has 232 valence electrons. The number of hydrogen-bond donors (Lipinski definition) is 1. The summed E-state index contributed by atoms with van der Waals surface area (Å²) < 4.78 is 5.67. The lowest BCUT2D eigenvalue weighted by Gasteiger charge is -2.34. The van der Waals surface area contributed by atoms with E-state index >= 15 is 0 Å². The van der Waals surface area contributed by atoms with E-state index in [4.69, 9.17) is 4.74 Å². The molecule has 2 fully saturated rings. The van der Waals surface area contributed by atoms with E-state index in [1.807, 2.05) is 42.1 Å². The maximum atomic E-state index is 13.7. The number of fused-ring (bicyclic) bond motifs is 1. The van der Waals surface area contributed by atoms with Gasteiger partial charge in [0.1, 0.15) is 5.75 Å². The van der Waals surface area contributed by atoms with E-state index in [0.717, 1.165) is 49.1 Å². The van der Waals surface area contributed by atoms with Crippen LogP contribution in [0, 0.1) is 5.92 Å². The zero-order valence-corrected chi connectivity index (χ0v) is 25.6. The first-order chi connectivity index (χ1) is 20.1. The summed E-state index contributed by atoms with van der Waals surface area (Å²) in [4.78, 5) is 60.8. The molecule has 1 N–H and O–H groups in total. The summed E-state index contributed by atoms with van der Waals surface area (Å²) in [7, 11) is 5.69. The molecule has 42 heavy (non-hydrogen) atoms. The zero-order valence-electron chi connectivity index (χ0n) is 25.6. The molecule has 4 rings (SSSR count). The van der Waals surface area contributed by atoms with Crippen molar-refractivity contribution in [1.82, 2.24) is 24.5 Å². The SMILES string of the molecule is CCCCN(CCCN(C)C)C(=O)CN1CC(c2ccc3c(c2)CCO3)C(C(=O)O)C1CCN1C(=O)CCN(C)C1=O. The second-order valence-electron chi connectivity index (χ2n) is 12.1. The first-order valence-electron chi connectivity index (χ1n) is 15.3. The summed E-state index contributed by atoms with van der Waals surface area (Å²) in [6.45, 7) is 5.92. The Morgan fingerprint density at radius 2 is 1.86 bits per heavy atom. The number of nitrogens with zero attached hydrogens (tertiary/aromatic N) is 5. The Morgan fingerprint density at radius 3 is 2.57 bits per heavy atom. The third-order valence-electron chi connectivity index (χ3n) is 8.85. The van der Waals surface area contributed by atoms with Gasteiger partial charge >= 0.3 is 12.0 Å². The van der Waals surface area contributed by atoms with Gasteiger partial charge < -0.3 is 24.5 Å². The van der Waals surface area contributed by atoms with Gasteiger partial charge in [0.15, 0.2) is 0 Å². The second kappa shape index (κ2) is 14.3. The van der Waals surface area contributed by atoms with E-state index in [0.29, 0.717) is 32.8 Å². The Hall–Kier alpha value is -3.18. The molecular weight excluding hydrogens is 538 g/mol. The lowest BCUT2D eigenvalue weighted by molar-refractivity contribution is -0.144. The van der Waals surface area contributed by atoms with Crippen LogP contribution in [0.25, 0.3) is 0 Å². The maximum absolute atomic E-state index is 13.7.